The predicted molar refractivity (Wildman–Crippen MR) is 124 cm³/mol. The molecule has 0 bridgehead atoms. The van der Waals surface area contributed by atoms with Crippen molar-refractivity contribution in [2.75, 3.05) is 36.5 Å². The van der Waals surface area contributed by atoms with Gasteiger partial charge >= 0.3 is 0 Å². The summed E-state index contributed by atoms with van der Waals surface area (Å²) in [7, 11) is 0. The Balaban J connectivity index is 1.41. The largest absolute Gasteiger partial charge is 0.493 e. The number of morpholine rings is 1. The minimum Gasteiger partial charge on any atom is -0.493 e. The van der Waals surface area contributed by atoms with Crippen molar-refractivity contribution in [1.29, 1.82) is 0 Å². The number of anilines is 2. The van der Waals surface area contributed by atoms with E-state index in [0.29, 0.717) is 43.0 Å². The molecule has 1 aromatic carbocycles. The van der Waals surface area contributed by atoms with Crippen molar-refractivity contribution >= 4 is 23.3 Å². The number of amides is 2. The molecule has 0 aliphatic carbocycles. The van der Waals surface area contributed by atoms with Gasteiger partial charge < -0.3 is 25.0 Å². The van der Waals surface area contributed by atoms with Crippen molar-refractivity contribution in [2.24, 2.45) is 0 Å². The molecule has 2 N–H and O–H groups in total. The topological polar surface area (TPSA) is 92.8 Å². The van der Waals surface area contributed by atoms with E-state index in [1.165, 1.54) is 0 Å². The molecule has 8 heteroatoms. The van der Waals surface area contributed by atoms with Gasteiger partial charge in [-0.1, -0.05) is 12.1 Å². The van der Waals surface area contributed by atoms with Crippen molar-refractivity contribution in [2.45, 2.75) is 45.8 Å². The van der Waals surface area contributed by atoms with Crippen LogP contribution in [0.2, 0.25) is 0 Å². The highest BCUT2D eigenvalue weighted by molar-refractivity contribution is 5.97. The van der Waals surface area contributed by atoms with Crippen molar-refractivity contribution < 1.29 is 19.1 Å². The van der Waals surface area contributed by atoms with E-state index >= 15 is 0 Å². The number of pyridine rings is 1. The molecule has 0 saturated carbocycles. The maximum absolute atomic E-state index is 12.4. The third-order valence-corrected chi connectivity index (χ3v) is 5.07. The first-order chi connectivity index (χ1) is 15.5. The Morgan fingerprint density at radius 2 is 1.91 bits per heavy atom. The molecule has 1 fully saturated rings. The molecule has 1 aromatic heterocycles. The van der Waals surface area contributed by atoms with Crippen molar-refractivity contribution in [3.8, 4) is 5.75 Å². The lowest BCUT2D eigenvalue weighted by Crippen LogP contribution is -2.45. The van der Waals surface area contributed by atoms with Crippen LogP contribution in [0.15, 0.2) is 42.6 Å². The second kappa shape index (κ2) is 11.5. The van der Waals surface area contributed by atoms with Crippen LogP contribution in [0.5, 0.6) is 5.75 Å². The normalized spacial score (nSPS) is 18.2. The summed E-state index contributed by atoms with van der Waals surface area (Å²) in [5.74, 6) is 1.11. The van der Waals surface area contributed by atoms with Crippen molar-refractivity contribution in [1.82, 2.24) is 10.3 Å². The first-order valence-corrected chi connectivity index (χ1v) is 11.1. The third-order valence-electron chi connectivity index (χ3n) is 5.07. The molecule has 0 spiro atoms. The van der Waals surface area contributed by atoms with Gasteiger partial charge in [0.25, 0.3) is 5.91 Å². The van der Waals surface area contributed by atoms with Crippen LogP contribution in [-0.2, 0) is 9.53 Å². The van der Waals surface area contributed by atoms with Gasteiger partial charge in [0.1, 0.15) is 11.6 Å². The highest BCUT2D eigenvalue weighted by Gasteiger charge is 2.23. The lowest BCUT2D eigenvalue weighted by Gasteiger charge is -2.36. The summed E-state index contributed by atoms with van der Waals surface area (Å²) in [6.45, 7) is 8.46. The third kappa shape index (κ3) is 6.68. The standard InChI is InChI=1S/C24H32N4O4/c1-4-31-21-9-6-5-8-20(21)24(30)25-13-7-10-23(29)27-19-11-12-22(26-14-19)28-15-17(2)32-18(3)16-28/h5-6,8-9,11-12,14,17-18H,4,7,10,13,15-16H2,1-3H3,(H,25,30)(H,27,29). The van der Waals surface area contributed by atoms with Gasteiger partial charge in [-0.05, 0) is 51.5 Å². The number of carbonyl (C=O) groups is 2. The van der Waals surface area contributed by atoms with Crippen LogP contribution < -0.4 is 20.3 Å². The average molecular weight is 441 g/mol. The Bertz CT molecular complexity index is 893. The summed E-state index contributed by atoms with van der Waals surface area (Å²) in [6.07, 6.45) is 2.82. The Morgan fingerprint density at radius 3 is 2.59 bits per heavy atom. The molecule has 8 nitrogen and oxygen atoms in total. The van der Waals surface area contributed by atoms with Crippen molar-refractivity contribution in [3.63, 3.8) is 0 Å². The van der Waals surface area contributed by atoms with E-state index in [1.54, 1.807) is 24.4 Å². The summed E-state index contributed by atoms with van der Waals surface area (Å²) in [5, 5.41) is 5.70. The first-order valence-electron chi connectivity index (χ1n) is 11.1. The quantitative estimate of drug-likeness (QED) is 0.582. The SMILES string of the molecule is CCOc1ccccc1C(=O)NCCCC(=O)Nc1ccc(N2CC(C)OC(C)C2)nc1. The van der Waals surface area contributed by atoms with Gasteiger partial charge in [0.05, 0.1) is 36.3 Å². The molecule has 0 radical (unpaired) electrons. The number of rotatable bonds is 9. The summed E-state index contributed by atoms with van der Waals surface area (Å²) in [6, 6.07) is 10.9. The molecule has 3 rings (SSSR count). The number of hydrogen-bond donors (Lipinski definition) is 2. The molecule has 2 aromatic rings. The fourth-order valence-corrected chi connectivity index (χ4v) is 3.72. The zero-order valence-corrected chi connectivity index (χ0v) is 19.0. The van der Waals surface area contributed by atoms with E-state index < -0.39 is 0 Å². The lowest BCUT2D eigenvalue weighted by molar-refractivity contribution is -0.116. The van der Waals surface area contributed by atoms with Crippen LogP contribution in [0.25, 0.3) is 0 Å². The highest BCUT2D eigenvalue weighted by Crippen LogP contribution is 2.20. The van der Waals surface area contributed by atoms with Crippen LogP contribution in [0.3, 0.4) is 0 Å². The van der Waals surface area contributed by atoms with Gasteiger partial charge in [0.2, 0.25) is 5.91 Å². The second-order valence-electron chi connectivity index (χ2n) is 7.90. The molecule has 2 atom stereocenters. The summed E-state index contributed by atoms with van der Waals surface area (Å²) >= 11 is 0. The number of nitrogens with zero attached hydrogens (tertiary/aromatic N) is 2. The van der Waals surface area contributed by atoms with Crippen LogP contribution in [0, 0.1) is 0 Å². The average Bonchev–Trinajstić information content (AvgIpc) is 2.77. The van der Waals surface area contributed by atoms with E-state index in [4.69, 9.17) is 9.47 Å². The monoisotopic (exact) mass is 440 g/mol. The molecular formula is C24H32N4O4. The maximum atomic E-state index is 12.4. The van der Waals surface area contributed by atoms with Gasteiger partial charge in [-0.3, -0.25) is 9.59 Å². The molecule has 32 heavy (non-hydrogen) atoms. The number of para-hydroxylation sites is 1. The van der Waals surface area contributed by atoms with E-state index in [-0.39, 0.29) is 24.0 Å². The number of hydrogen-bond acceptors (Lipinski definition) is 6. The van der Waals surface area contributed by atoms with Crippen LogP contribution in [0.1, 0.15) is 44.0 Å². The Morgan fingerprint density at radius 1 is 1.16 bits per heavy atom. The number of benzene rings is 1. The number of aromatic nitrogens is 1. The number of carbonyl (C=O) groups excluding carboxylic acids is 2. The Kier molecular flexibility index (Phi) is 8.44. The lowest BCUT2D eigenvalue weighted by atomic mass is 10.2. The maximum Gasteiger partial charge on any atom is 0.255 e. The Labute approximate surface area is 189 Å². The van der Waals surface area contributed by atoms with E-state index in [0.717, 1.165) is 18.9 Å². The molecule has 1 aliphatic heterocycles. The molecular weight excluding hydrogens is 408 g/mol. The first kappa shape index (κ1) is 23.5. The fraction of sp³-hybridized carbons (Fsp3) is 0.458. The van der Waals surface area contributed by atoms with Gasteiger partial charge in [-0.2, -0.15) is 0 Å². The minimum absolute atomic E-state index is 0.114. The minimum atomic E-state index is -0.207. The van der Waals surface area contributed by atoms with Crippen LogP contribution in [0.4, 0.5) is 11.5 Å². The molecule has 2 heterocycles. The summed E-state index contributed by atoms with van der Waals surface area (Å²) in [4.78, 5) is 31.3. The molecule has 1 saturated heterocycles. The molecule has 2 unspecified atom stereocenters. The van der Waals surface area contributed by atoms with Gasteiger partial charge in [-0.25, -0.2) is 4.98 Å². The van der Waals surface area contributed by atoms with Gasteiger partial charge in [-0.15, -0.1) is 0 Å². The number of ether oxygens (including phenoxy) is 2. The van der Waals surface area contributed by atoms with Crippen molar-refractivity contribution in [3.05, 3.63) is 48.2 Å². The van der Waals surface area contributed by atoms with Gasteiger partial charge in [0, 0.05) is 26.1 Å². The second-order valence-corrected chi connectivity index (χ2v) is 7.90. The summed E-state index contributed by atoms with van der Waals surface area (Å²) < 4.78 is 11.2. The number of nitrogens with one attached hydrogen (secondary N) is 2. The highest BCUT2D eigenvalue weighted by atomic mass is 16.5. The van der Waals surface area contributed by atoms with Gasteiger partial charge in [0.15, 0.2) is 0 Å². The fourth-order valence-electron chi connectivity index (χ4n) is 3.72. The van der Waals surface area contributed by atoms with Crippen LogP contribution in [-0.4, -0.2) is 55.2 Å². The molecule has 172 valence electrons. The van der Waals surface area contributed by atoms with Crippen LogP contribution >= 0.6 is 0 Å². The predicted octanol–water partition coefficient (Wildman–Crippen LogP) is 3.24. The Hall–Kier alpha value is -3.13. The molecule has 1 aliphatic rings. The molecule has 2 amide bonds. The zero-order valence-electron chi connectivity index (χ0n) is 19.0. The van der Waals surface area contributed by atoms with E-state index in [9.17, 15) is 9.59 Å². The smallest absolute Gasteiger partial charge is 0.255 e. The summed E-state index contributed by atoms with van der Waals surface area (Å²) in [5.41, 5.74) is 1.15. The zero-order chi connectivity index (χ0) is 22.9. The van der Waals surface area contributed by atoms with E-state index in [2.05, 4.69) is 34.4 Å². The van der Waals surface area contributed by atoms with E-state index in [1.807, 2.05) is 25.1 Å².